The first-order chi connectivity index (χ1) is 9.18. The molecule has 5 nitrogen and oxygen atoms in total. The van der Waals surface area contributed by atoms with Crippen molar-refractivity contribution in [3.63, 3.8) is 0 Å². The number of aromatic nitrogens is 1. The molecule has 1 aromatic rings. The number of aryl methyl sites for hydroxylation is 2. The zero-order chi connectivity index (χ0) is 13.7. The van der Waals surface area contributed by atoms with E-state index in [0.717, 1.165) is 43.9 Å². The average molecular weight is 264 g/mol. The molecule has 0 saturated carbocycles. The molecule has 19 heavy (non-hydrogen) atoms. The maximum Gasteiger partial charge on any atom is 0.191 e. The van der Waals surface area contributed by atoms with Gasteiger partial charge in [0.15, 0.2) is 5.96 Å². The molecule has 1 aliphatic heterocycles. The highest BCUT2D eigenvalue weighted by molar-refractivity contribution is 5.78. The van der Waals surface area contributed by atoms with E-state index >= 15 is 0 Å². The molecule has 2 heterocycles. The highest BCUT2D eigenvalue weighted by atomic mass is 16.5. The van der Waals surface area contributed by atoms with E-state index in [2.05, 4.69) is 15.0 Å². The summed E-state index contributed by atoms with van der Waals surface area (Å²) in [5.74, 6) is 1.63. The molecule has 1 fully saturated rings. The number of aliphatic imine (C=N–C) groups is 1. The van der Waals surface area contributed by atoms with Crippen LogP contribution in [0.25, 0.3) is 0 Å². The average Bonchev–Trinajstić information content (AvgIpc) is 2.75. The summed E-state index contributed by atoms with van der Waals surface area (Å²) < 4.78 is 5.15. The van der Waals surface area contributed by atoms with Crippen LogP contribution >= 0.6 is 0 Å². The number of hydrogen-bond acceptors (Lipinski definition) is 3. The third-order valence-corrected chi connectivity index (χ3v) is 3.72. The van der Waals surface area contributed by atoms with Crippen LogP contribution in [0.5, 0.6) is 0 Å². The molecular weight excluding hydrogens is 240 g/mol. The van der Waals surface area contributed by atoms with Gasteiger partial charge in [-0.2, -0.15) is 0 Å². The second kappa shape index (κ2) is 6.59. The number of rotatable bonds is 4. The van der Waals surface area contributed by atoms with Crippen LogP contribution in [0.1, 0.15) is 42.7 Å². The molecule has 0 radical (unpaired) electrons. The van der Waals surface area contributed by atoms with E-state index in [0.29, 0.717) is 5.96 Å². The normalized spacial score (nSPS) is 16.9. The van der Waals surface area contributed by atoms with Crippen molar-refractivity contribution in [3.05, 3.63) is 17.0 Å². The summed E-state index contributed by atoms with van der Waals surface area (Å²) in [5.41, 5.74) is 8.22. The van der Waals surface area contributed by atoms with Gasteiger partial charge in [-0.3, -0.25) is 4.99 Å². The molecule has 0 unspecified atom stereocenters. The van der Waals surface area contributed by atoms with Crippen LogP contribution in [-0.2, 0) is 6.42 Å². The molecule has 0 bridgehead atoms. The molecule has 2 rings (SSSR count). The number of piperidine rings is 1. The highest BCUT2D eigenvalue weighted by Gasteiger charge is 2.12. The van der Waals surface area contributed by atoms with Gasteiger partial charge in [-0.05, 0) is 46.0 Å². The van der Waals surface area contributed by atoms with Gasteiger partial charge >= 0.3 is 0 Å². The summed E-state index contributed by atoms with van der Waals surface area (Å²) in [6, 6.07) is 0. The zero-order valence-electron chi connectivity index (χ0n) is 12.0. The van der Waals surface area contributed by atoms with Crippen LogP contribution in [0.2, 0.25) is 0 Å². The van der Waals surface area contributed by atoms with Crippen molar-refractivity contribution < 1.29 is 4.52 Å². The Bertz CT molecular complexity index is 413. The van der Waals surface area contributed by atoms with E-state index in [-0.39, 0.29) is 0 Å². The minimum absolute atomic E-state index is 0.707. The second-order valence-electron chi connectivity index (χ2n) is 5.19. The van der Waals surface area contributed by atoms with Gasteiger partial charge in [0.1, 0.15) is 5.76 Å². The maximum atomic E-state index is 6.01. The summed E-state index contributed by atoms with van der Waals surface area (Å²) in [6.45, 7) is 6.82. The van der Waals surface area contributed by atoms with Crippen LogP contribution in [0, 0.1) is 13.8 Å². The second-order valence-corrected chi connectivity index (χ2v) is 5.19. The monoisotopic (exact) mass is 264 g/mol. The topological polar surface area (TPSA) is 67.6 Å². The first kappa shape index (κ1) is 13.9. The van der Waals surface area contributed by atoms with Crippen LogP contribution in [0.15, 0.2) is 9.52 Å². The fourth-order valence-electron chi connectivity index (χ4n) is 2.53. The fourth-order valence-corrected chi connectivity index (χ4v) is 2.53. The number of guanidine groups is 1. The van der Waals surface area contributed by atoms with Crippen LogP contribution in [0.4, 0.5) is 0 Å². The highest BCUT2D eigenvalue weighted by Crippen LogP contribution is 2.14. The summed E-state index contributed by atoms with van der Waals surface area (Å²) in [5, 5.41) is 3.96. The number of hydrogen-bond donors (Lipinski definition) is 1. The van der Waals surface area contributed by atoms with E-state index in [9.17, 15) is 0 Å². The SMILES string of the molecule is Cc1noc(C)c1CCCN=C(N)N1CCCCC1. The predicted molar refractivity (Wildman–Crippen MR) is 76.2 cm³/mol. The van der Waals surface area contributed by atoms with E-state index < -0.39 is 0 Å². The van der Waals surface area contributed by atoms with E-state index in [1.165, 1.54) is 24.8 Å². The standard InChI is InChI=1S/C14H24N4O/c1-11-13(12(2)19-17-11)7-6-8-16-14(15)18-9-4-3-5-10-18/h3-10H2,1-2H3,(H2,15,16). The smallest absolute Gasteiger partial charge is 0.191 e. The molecule has 0 spiro atoms. The molecule has 0 atom stereocenters. The minimum atomic E-state index is 0.707. The lowest BCUT2D eigenvalue weighted by Gasteiger charge is -2.27. The van der Waals surface area contributed by atoms with Gasteiger partial charge in [0.05, 0.1) is 5.69 Å². The lowest BCUT2D eigenvalue weighted by molar-refractivity contribution is 0.338. The molecule has 2 N–H and O–H groups in total. The van der Waals surface area contributed by atoms with E-state index in [1.54, 1.807) is 0 Å². The quantitative estimate of drug-likeness (QED) is 0.513. The first-order valence-corrected chi connectivity index (χ1v) is 7.15. The molecular formula is C14H24N4O. The minimum Gasteiger partial charge on any atom is -0.370 e. The maximum absolute atomic E-state index is 6.01. The summed E-state index contributed by atoms with van der Waals surface area (Å²) >= 11 is 0. The van der Waals surface area contributed by atoms with Crippen molar-refractivity contribution in [3.8, 4) is 0 Å². The molecule has 1 aromatic heterocycles. The van der Waals surface area contributed by atoms with Gasteiger partial charge in [-0.15, -0.1) is 0 Å². The molecule has 0 amide bonds. The summed E-state index contributed by atoms with van der Waals surface area (Å²) in [4.78, 5) is 6.67. The first-order valence-electron chi connectivity index (χ1n) is 7.15. The van der Waals surface area contributed by atoms with Crippen molar-refractivity contribution in [1.29, 1.82) is 0 Å². The third-order valence-electron chi connectivity index (χ3n) is 3.72. The molecule has 5 heteroatoms. The van der Waals surface area contributed by atoms with Crippen molar-refractivity contribution in [2.45, 2.75) is 46.0 Å². The Kier molecular flexibility index (Phi) is 4.82. The Morgan fingerprint density at radius 3 is 2.68 bits per heavy atom. The predicted octanol–water partition coefficient (Wildman–Crippen LogP) is 2.02. The molecule has 106 valence electrons. The lowest BCUT2D eigenvalue weighted by Crippen LogP contribution is -2.40. The van der Waals surface area contributed by atoms with Gasteiger partial charge in [-0.25, -0.2) is 0 Å². The number of likely N-dealkylation sites (tertiary alicyclic amines) is 1. The largest absolute Gasteiger partial charge is 0.370 e. The molecule has 1 aliphatic rings. The van der Waals surface area contributed by atoms with E-state index in [4.69, 9.17) is 10.3 Å². The fraction of sp³-hybridized carbons (Fsp3) is 0.714. The summed E-state index contributed by atoms with van der Waals surface area (Å²) in [6.07, 6.45) is 5.72. The Labute approximate surface area is 114 Å². The number of nitrogens with zero attached hydrogens (tertiary/aromatic N) is 3. The van der Waals surface area contributed by atoms with Crippen molar-refractivity contribution in [1.82, 2.24) is 10.1 Å². The van der Waals surface area contributed by atoms with Crippen molar-refractivity contribution in [2.24, 2.45) is 10.7 Å². The van der Waals surface area contributed by atoms with Crippen molar-refractivity contribution >= 4 is 5.96 Å². The van der Waals surface area contributed by atoms with Crippen LogP contribution < -0.4 is 5.73 Å². The Hall–Kier alpha value is -1.52. The lowest BCUT2D eigenvalue weighted by atomic mass is 10.1. The summed E-state index contributed by atoms with van der Waals surface area (Å²) in [7, 11) is 0. The Morgan fingerprint density at radius 2 is 2.05 bits per heavy atom. The van der Waals surface area contributed by atoms with Gasteiger partial charge in [0.2, 0.25) is 0 Å². The molecule has 1 saturated heterocycles. The van der Waals surface area contributed by atoms with Gasteiger partial charge in [0.25, 0.3) is 0 Å². The van der Waals surface area contributed by atoms with Gasteiger partial charge in [-0.1, -0.05) is 5.16 Å². The Morgan fingerprint density at radius 1 is 1.32 bits per heavy atom. The molecule has 0 aliphatic carbocycles. The van der Waals surface area contributed by atoms with Crippen molar-refractivity contribution in [2.75, 3.05) is 19.6 Å². The van der Waals surface area contributed by atoms with Crippen LogP contribution in [0.3, 0.4) is 0 Å². The zero-order valence-corrected chi connectivity index (χ0v) is 12.0. The third kappa shape index (κ3) is 3.72. The van der Waals surface area contributed by atoms with E-state index in [1.807, 2.05) is 13.8 Å². The van der Waals surface area contributed by atoms with Gasteiger partial charge in [0, 0.05) is 25.2 Å². The number of nitrogens with two attached hydrogens (primary N) is 1. The van der Waals surface area contributed by atoms with Gasteiger partial charge < -0.3 is 15.2 Å². The molecule has 0 aromatic carbocycles. The van der Waals surface area contributed by atoms with Crippen LogP contribution in [-0.4, -0.2) is 35.7 Å². The Balaban J connectivity index is 1.76.